The first-order valence-electron chi connectivity index (χ1n) is 6.78. The van der Waals surface area contributed by atoms with E-state index in [9.17, 15) is 5.26 Å². The lowest BCUT2D eigenvalue weighted by atomic mass is 10.0. The highest BCUT2D eigenvalue weighted by Crippen LogP contribution is 2.29. The van der Waals surface area contributed by atoms with E-state index in [2.05, 4.69) is 38.3 Å². The highest BCUT2D eigenvalue weighted by molar-refractivity contribution is 7.80. The Labute approximate surface area is 129 Å². The van der Waals surface area contributed by atoms with E-state index in [4.69, 9.17) is 4.43 Å². The number of hydrogen-bond acceptors (Lipinski definition) is 4. The molecule has 5 heteroatoms. The summed E-state index contributed by atoms with van der Waals surface area (Å²) in [6.45, 7) is 10.4. The molecule has 0 amide bonds. The molecule has 0 aliphatic carbocycles. The van der Waals surface area contributed by atoms with Gasteiger partial charge in [-0.3, -0.25) is 0 Å². The molecule has 0 spiro atoms. The normalized spacial score (nSPS) is 16.1. The number of anilines is 1. The third kappa shape index (κ3) is 4.27. The van der Waals surface area contributed by atoms with Crippen molar-refractivity contribution < 1.29 is 4.43 Å². The molecule has 0 bridgehead atoms. The zero-order chi connectivity index (χ0) is 15.4. The van der Waals surface area contributed by atoms with Crippen LogP contribution in [0.15, 0.2) is 30.3 Å². The van der Waals surface area contributed by atoms with E-state index in [1.165, 1.54) is 0 Å². The fraction of sp³-hybridized carbons (Fsp3) is 0.533. The largest absolute Gasteiger partial charge is 0.398 e. The van der Waals surface area contributed by atoms with E-state index < -0.39 is 13.9 Å². The molecule has 1 aromatic rings. The molecule has 0 saturated heterocycles. The third-order valence-corrected chi connectivity index (χ3v) is 4.67. The van der Waals surface area contributed by atoms with Gasteiger partial charge in [0.2, 0.25) is 0 Å². The van der Waals surface area contributed by atoms with Gasteiger partial charge >= 0.3 is 0 Å². The van der Waals surface area contributed by atoms with Gasteiger partial charge in [-0.2, -0.15) is 17.9 Å². The van der Waals surface area contributed by atoms with E-state index >= 15 is 0 Å². The lowest BCUT2D eigenvalue weighted by Crippen LogP contribution is -2.55. The maximum Gasteiger partial charge on any atom is 0.186 e. The predicted molar refractivity (Wildman–Crippen MR) is 90.7 cm³/mol. The first-order chi connectivity index (χ1) is 9.23. The second-order valence-corrected chi connectivity index (χ2v) is 10.9. The molecule has 0 N–H and O–H groups in total. The van der Waals surface area contributed by atoms with Crippen molar-refractivity contribution in [1.29, 1.82) is 5.26 Å². The molecule has 20 heavy (non-hydrogen) atoms. The first kappa shape index (κ1) is 17.1. The number of rotatable bonds is 6. The molecule has 2 atom stereocenters. The van der Waals surface area contributed by atoms with Gasteiger partial charge in [-0.15, -0.1) is 0 Å². The zero-order valence-corrected chi connectivity index (χ0v) is 14.8. The quantitative estimate of drug-likeness (QED) is 0.492. The van der Waals surface area contributed by atoms with E-state index in [0.717, 1.165) is 5.69 Å². The molecular formula is C15H24N2OSSi. The summed E-state index contributed by atoms with van der Waals surface area (Å²) in [6.07, 6.45) is -0.166. The third-order valence-electron chi connectivity index (χ3n) is 3.00. The van der Waals surface area contributed by atoms with Crippen molar-refractivity contribution >= 4 is 26.6 Å². The maximum atomic E-state index is 9.58. The summed E-state index contributed by atoms with van der Waals surface area (Å²) in [5.41, 5.74) is 0.278. The molecule has 0 aliphatic heterocycles. The van der Waals surface area contributed by atoms with Gasteiger partial charge in [0, 0.05) is 11.4 Å². The molecule has 1 unspecified atom stereocenters. The zero-order valence-electron chi connectivity index (χ0n) is 12.9. The van der Waals surface area contributed by atoms with Crippen LogP contribution in [0.5, 0.6) is 0 Å². The van der Waals surface area contributed by atoms with Crippen LogP contribution in [0, 0.1) is 11.3 Å². The maximum absolute atomic E-state index is 9.58. The monoisotopic (exact) mass is 308 g/mol. The van der Waals surface area contributed by atoms with Crippen molar-refractivity contribution in [2.24, 2.45) is 0 Å². The van der Waals surface area contributed by atoms with Gasteiger partial charge in [-0.05, 0) is 45.6 Å². The molecule has 0 saturated carbocycles. The first-order valence-corrected chi connectivity index (χ1v) is 10.8. The van der Waals surface area contributed by atoms with Gasteiger partial charge in [0.1, 0.15) is 11.8 Å². The molecule has 110 valence electrons. The van der Waals surface area contributed by atoms with Crippen LogP contribution in [0.1, 0.15) is 13.8 Å². The van der Waals surface area contributed by atoms with Crippen LogP contribution in [-0.4, -0.2) is 25.8 Å². The van der Waals surface area contributed by atoms with Crippen LogP contribution >= 0.6 is 12.6 Å². The van der Waals surface area contributed by atoms with Crippen molar-refractivity contribution in [2.75, 3.05) is 10.7 Å². The number of nitriles is 1. The van der Waals surface area contributed by atoms with Crippen molar-refractivity contribution in [3.8, 4) is 6.07 Å². The Hall–Kier alpha value is -0.963. The summed E-state index contributed by atoms with van der Waals surface area (Å²) in [6, 6.07) is 12.3. The Balaban J connectivity index is 3.19. The lowest BCUT2D eigenvalue weighted by Gasteiger charge is -2.43. The van der Waals surface area contributed by atoms with Crippen LogP contribution in [-0.2, 0) is 4.43 Å². The van der Waals surface area contributed by atoms with Crippen molar-refractivity contribution in [1.82, 2.24) is 0 Å². The summed E-state index contributed by atoms with van der Waals surface area (Å²) < 4.78 is 6.18. The van der Waals surface area contributed by atoms with Gasteiger partial charge in [0.25, 0.3) is 0 Å². The average Bonchev–Trinajstić information content (AvgIpc) is 2.37. The van der Waals surface area contributed by atoms with E-state index in [1.54, 1.807) is 0 Å². The molecule has 0 aromatic heterocycles. The fourth-order valence-electron chi connectivity index (χ4n) is 2.21. The molecule has 0 heterocycles. The van der Waals surface area contributed by atoms with Crippen molar-refractivity contribution in [2.45, 2.75) is 45.3 Å². The number of benzene rings is 1. The van der Waals surface area contributed by atoms with Crippen LogP contribution in [0.2, 0.25) is 19.6 Å². The van der Waals surface area contributed by atoms with Crippen LogP contribution in [0.3, 0.4) is 0 Å². The van der Waals surface area contributed by atoms with Gasteiger partial charge in [-0.25, -0.2) is 0 Å². The van der Waals surface area contributed by atoms with Crippen LogP contribution in [0.4, 0.5) is 5.69 Å². The minimum Gasteiger partial charge on any atom is -0.398 e. The smallest absolute Gasteiger partial charge is 0.186 e. The van der Waals surface area contributed by atoms with Gasteiger partial charge in [-0.1, -0.05) is 18.2 Å². The molecule has 0 radical (unpaired) electrons. The Morgan fingerprint density at radius 1 is 1.35 bits per heavy atom. The Kier molecular flexibility index (Phi) is 5.69. The molecule has 3 nitrogen and oxygen atoms in total. The van der Waals surface area contributed by atoms with Crippen LogP contribution in [0.25, 0.3) is 0 Å². The highest BCUT2D eigenvalue weighted by atomic mass is 32.1. The minimum atomic E-state index is -1.70. The average molecular weight is 309 g/mol. The summed E-state index contributed by atoms with van der Waals surface area (Å²) in [7, 11) is -1.70. The Bertz CT molecular complexity index is 469. The summed E-state index contributed by atoms with van der Waals surface area (Å²) in [5, 5.41) is 9.58. The second-order valence-electron chi connectivity index (χ2n) is 6.08. The van der Waals surface area contributed by atoms with Gasteiger partial charge in [0.05, 0.1) is 6.07 Å². The standard InChI is InChI=1S/C15H24N2OSSi/c1-13(18-20(3,4)5)17(15(2,11-16)12-19)14-9-7-6-8-10-14/h6-10,13,19H,12H2,1-5H3/t13-,15?/m1/s1. The molecule has 1 aromatic carbocycles. The van der Waals surface area contributed by atoms with Gasteiger partial charge < -0.3 is 9.33 Å². The number of para-hydroxylation sites is 1. The SMILES string of the molecule is C[C@@H](O[Si](C)(C)C)N(c1ccccc1)C(C)(C#N)CS. The van der Waals surface area contributed by atoms with Crippen LogP contribution < -0.4 is 4.90 Å². The van der Waals surface area contributed by atoms with E-state index in [1.807, 2.05) is 49.1 Å². The van der Waals surface area contributed by atoms with Gasteiger partial charge in [0.15, 0.2) is 8.32 Å². The number of thiol groups is 1. The Morgan fingerprint density at radius 3 is 2.30 bits per heavy atom. The molecule has 0 fully saturated rings. The van der Waals surface area contributed by atoms with E-state index in [0.29, 0.717) is 5.75 Å². The topological polar surface area (TPSA) is 36.3 Å². The fourth-order valence-corrected chi connectivity index (χ4v) is 3.57. The second kappa shape index (κ2) is 6.66. The Morgan fingerprint density at radius 2 is 1.90 bits per heavy atom. The summed E-state index contributed by atoms with van der Waals surface area (Å²) >= 11 is 4.37. The molecule has 1 rings (SSSR count). The number of hydrogen-bond donors (Lipinski definition) is 1. The molecule has 0 aliphatic rings. The van der Waals surface area contributed by atoms with Crippen molar-refractivity contribution in [3.05, 3.63) is 30.3 Å². The summed E-state index contributed by atoms with van der Waals surface area (Å²) in [5.74, 6) is 0.442. The lowest BCUT2D eigenvalue weighted by molar-refractivity contribution is 0.190. The van der Waals surface area contributed by atoms with Crippen molar-refractivity contribution in [3.63, 3.8) is 0 Å². The number of nitrogens with zero attached hydrogens (tertiary/aromatic N) is 2. The predicted octanol–water partition coefficient (Wildman–Crippen LogP) is 3.90. The summed E-state index contributed by atoms with van der Waals surface area (Å²) in [4.78, 5) is 2.03. The minimum absolute atomic E-state index is 0.166. The van der Waals surface area contributed by atoms with E-state index in [-0.39, 0.29) is 6.23 Å². The molecular weight excluding hydrogens is 284 g/mol. The highest BCUT2D eigenvalue weighted by Gasteiger charge is 2.36.